The van der Waals surface area contributed by atoms with Crippen LogP contribution >= 0.6 is 24.0 Å². The van der Waals surface area contributed by atoms with Gasteiger partial charge in [-0.15, -0.1) is 34.2 Å². The Balaban J connectivity index is 0.00000312. The van der Waals surface area contributed by atoms with Crippen molar-refractivity contribution in [1.29, 1.82) is 0 Å². The lowest BCUT2D eigenvalue weighted by atomic mass is 10.2. The SMILES string of the molecule is CCNC(=NCC(C)CN1CCCC1)NCCn1cnnc1CC.I. The lowest BCUT2D eigenvalue weighted by Crippen LogP contribution is -2.39. The third kappa shape index (κ3) is 7.89. The number of halogens is 1. The minimum Gasteiger partial charge on any atom is -0.357 e. The molecule has 0 bridgehead atoms. The Morgan fingerprint density at radius 3 is 2.72 bits per heavy atom. The van der Waals surface area contributed by atoms with Gasteiger partial charge in [-0.2, -0.15) is 0 Å². The maximum Gasteiger partial charge on any atom is 0.191 e. The highest BCUT2D eigenvalue weighted by Gasteiger charge is 2.14. The summed E-state index contributed by atoms with van der Waals surface area (Å²) in [6.45, 7) is 13.6. The smallest absolute Gasteiger partial charge is 0.191 e. The number of hydrogen-bond donors (Lipinski definition) is 2. The Kier molecular flexibility index (Phi) is 11.0. The van der Waals surface area contributed by atoms with E-state index in [1.54, 1.807) is 6.33 Å². The van der Waals surface area contributed by atoms with Crippen LogP contribution in [0.5, 0.6) is 0 Å². The van der Waals surface area contributed by atoms with Crippen LogP contribution in [0.1, 0.15) is 39.4 Å². The predicted molar refractivity (Wildman–Crippen MR) is 114 cm³/mol. The molecule has 1 atom stereocenters. The zero-order chi connectivity index (χ0) is 17.2. The highest BCUT2D eigenvalue weighted by molar-refractivity contribution is 14.0. The van der Waals surface area contributed by atoms with Crippen molar-refractivity contribution in [1.82, 2.24) is 30.3 Å². The van der Waals surface area contributed by atoms with Crippen molar-refractivity contribution in [3.8, 4) is 0 Å². The standard InChI is InChI=1S/C17H33N7.HI/c1-4-16-22-21-14-24(16)11-8-19-17(18-5-2)20-12-15(3)13-23-9-6-7-10-23;/h14-15H,4-13H2,1-3H3,(H2,18,19,20);1H. The van der Waals surface area contributed by atoms with Gasteiger partial charge >= 0.3 is 0 Å². The van der Waals surface area contributed by atoms with Crippen LogP contribution in [0.25, 0.3) is 0 Å². The molecule has 1 aliphatic heterocycles. The van der Waals surface area contributed by atoms with E-state index in [0.29, 0.717) is 5.92 Å². The summed E-state index contributed by atoms with van der Waals surface area (Å²) in [4.78, 5) is 7.30. The van der Waals surface area contributed by atoms with Gasteiger partial charge in [-0.1, -0.05) is 13.8 Å². The van der Waals surface area contributed by atoms with Crippen LogP contribution in [-0.4, -0.2) is 64.9 Å². The normalized spacial score (nSPS) is 16.5. The number of nitrogens with zero attached hydrogens (tertiary/aromatic N) is 5. The summed E-state index contributed by atoms with van der Waals surface area (Å²) in [6, 6.07) is 0. The van der Waals surface area contributed by atoms with Gasteiger partial charge in [0.25, 0.3) is 0 Å². The Labute approximate surface area is 169 Å². The van der Waals surface area contributed by atoms with Crippen LogP contribution in [0.4, 0.5) is 0 Å². The van der Waals surface area contributed by atoms with Gasteiger partial charge in [-0.3, -0.25) is 4.99 Å². The first-order valence-electron chi connectivity index (χ1n) is 9.34. The molecule has 25 heavy (non-hydrogen) atoms. The van der Waals surface area contributed by atoms with Crippen molar-refractivity contribution in [2.45, 2.75) is 46.6 Å². The quantitative estimate of drug-likeness (QED) is 0.332. The molecule has 2 N–H and O–H groups in total. The lowest BCUT2D eigenvalue weighted by molar-refractivity contribution is 0.291. The maximum atomic E-state index is 4.74. The predicted octanol–water partition coefficient (Wildman–Crippen LogP) is 1.75. The minimum atomic E-state index is 0. The minimum absolute atomic E-state index is 0. The Morgan fingerprint density at radius 2 is 2.04 bits per heavy atom. The van der Waals surface area contributed by atoms with Gasteiger partial charge in [0.05, 0.1) is 0 Å². The number of aromatic nitrogens is 3. The molecule has 1 saturated heterocycles. The van der Waals surface area contributed by atoms with E-state index in [4.69, 9.17) is 4.99 Å². The molecule has 0 aliphatic carbocycles. The largest absolute Gasteiger partial charge is 0.357 e. The Morgan fingerprint density at radius 1 is 1.28 bits per heavy atom. The third-order valence-electron chi connectivity index (χ3n) is 4.33. The molecule has 1 aromatic rings. The zero-order valence-electron chi connectivity index (χ0n) is 15.9. The van der Waals surface area contributed by atoms with Gasteiger partial charge in [-0.25, -0.2) is 0 Å². The summed E-state index contributed by atoms with van der Waals surface area (Å²) >= 11 is 0. The first-order chi connectivity index (χ1) is 11.7. The van der Waals surface area contributed by atoms with Crippen molar-refractivity contribution in [2.75, 3.05) is 39.3 Å². The van der Waals surface area contributed by atoms with Crippen LogP contribution in [-0.2, 0) is 13.0 Å². The van der Waals surface area contributed by atoms with E-state index < -0.39 is 0 Å². The second kappa shape index (κ2) is 12.5. The van der Waals surface area contributed by atoms with Crippen LogP contribution in [0.3, 0.4) is 0 Å². The number of guanidine groups is 1. The highest BCUT2D eigenvalue weighted by atomic mass is 127. The summed E-state index contributed by atoms with van der Waals surface area (Å²) in [6.07, 6.45) is 5.40. The fourth-order valence-corrected chi connectivity index (χ4v) is 3.09. The van der Waals surface area contributed by atoms with Crippen LogP contribution in [0.15, 0.2) is 11.3 Å². The fraction of sp³-hybridized carbons (Fsp3) is 0.824. The number of nitrogens with one attached hydrogen (secondary N) is 2. The molecule has 0 saturated carbocycles. The second-order valence-corrected chi connectivity index (χ2v) is 6.55. The molecule has 7 nitrogen and oxygen atoms in total. The fourth-order valence-electron chi connectivity index (χ4n) is 3.09. The zero-order valence-corrected chi connectivity index (χ0v) is 18.2. The number of rotatable bonds is 9. The van der Waals surface area contributed by atoms with Gasteiger partial charge in [0.1, 0.15) is 12.2 Å². The van der Waals surface area contributed by atoms with Crippen LogP contribution in [0, 0.1) is 5.92 Å². The van der Waals surface area contributed by atoms with E-state index in [0.717, 1.165) is 50.9 Å². The molecule has 0 amide bonds. The van der Waals surface area contributed by atoms with E-state index in [1.807, 2.05) is 0 Å². The van der Waals surface area contributed by atoms with E-state index in [2.05, 4.69) is 51.1 Å². The maximum absolute atomic E-state index is 4.74. The molecule has 144 valence electrons. The van der Waals surface area contributed by atoms with Crippen molar-refractivity contribution in [3.05, 3.63) is 12.2 Å². The van der Waals surface area contributed by atoms with Crippen LogP contribution < -0.4 is 10.6 Å². The van der Waals surface area contributed by atoms with Gasteiger partial charge in [0, 0.05) is 39.1 Å². The summed E-state index contributed by atoms with van der Waals surface area (Å²) < 4.78 is 2.09. The first-order valence-corrected chi connectivity index (χ1v) is 9.34. The third-order valence-corrected chi connectivity index (χ3v) is 4.33. The summed E-state index contributed by atoms with van der Waals surface area (Å²) in [5.74, 6) is 2.51. The lowest BCUT2D eigenvalue weighted by Gasteiger charge is -2.19. The number of likely N-dealkylation sites (tertiary alicyclic amines) is 1. The van der Waals surface area contributed by atoms with Gasteiger partial charge in [-0.05, 0) is 38.8 Å². The number of aliphatic imine (C=N–C) groups is 1. The topological polar surface area (TPSA) is 70.4 Å². The van der Waals surface area contributed by atoms with Gasteiger partial charge in [0.15, 0.2) is 5.96 Å². The monoisotopic (exact) mass is 463 g/mol. The average molecular weight is 463 g/mol. The molecule has 2 rings (SSSR count). The molecule has 1 aliphatic rings. The Bertz CT molecular complexity index is 497. The molecule has 0 radical (unpaired) electrons. The van der Waals surface area contributed by atoms with Crippen LogP contribution in [0.2, 0.25) is 0 Å². The van der Waals surface area contributed by atoms with Crippen molar-refractivity contribution >= 4 is 29.9 Å². The van der Waals surface area contributed by atoms with Gasteiger partial charge in [0.2, 0.25) is 0 Å². The van der Waals surface area contributed by atoms with E-state index in [9.17, 15) is 0 Å². The molecule has 1 fully saturated rings. The molecular formula is C17H34IN7. The Hall–Kier alpha value is -0.900. The van der Waals surface area contributed by atoms with E-state index >= 15 is 0 Å². The average Bonchev–Trinajstić information content (AvgIpc) is 3.24. The molecule has 1 aromatic heterocycles. The molecule has 1 unspecified atom stereocenters. The second-order valence-electron chi connectivity index (χ2n) is 6.55. The van der Waals surface area contributed by atoms with E-state index in [1.165, 1.54) is 25.9 Å². The van der Waals surface area contributed by atoms with E-state index in [-0.39, 0.29) is 24.0 Å². The summed E-state index contributed by atoms with van der Waals surface area (Å²) in [7, 11) is 0. The number of aryl methyl sites for hydroxylation is 1. The van der Waals surface area contributed by atoms with Crippen molar-refractivity contribution < 1.29 is 0 Å². The molecule has 0 aromatic carbocycles. The van der Waals surface area contributed by atoms with Gasteiger partial charge < -0.3 is 20.1 Å². The molecule has 8 heteroatoms. The summed E-state index contributed by atoms with van der Waals surface area (Å²) in [5.41, 5.74) is 0. The molecule has 0 spiro atoms. The van der Waals surface area contributed by atoms with Crippen molar-refractivity contribution in [2.24, 2.45) is 10.9 Å². The summed E-state index contributed by atoms with van der Waals surface area (Å²) in [5, 5.41) is 14.8. The highest BCUT2D eigenvalue weighted by Crippen LogP contribution is 2.10. The molecule has 2 heterocycles. The molecular weight excluding hydrogens is 429 g/mol. The van der Waals surface area contributed by atoms with Crippen molar-refractivity contribution in [3.63, 3.8) is 0 Å². The first kappa shape index (κ1) is 22.1. The number of hydrogen-bond acceptors (Lipinski definition) is 4.